The number of nitrogen functional groups attached to an aromatic ring is 1. The van der Waals surface area contributed by atoms with Gasteiger partial charge in [-0.3, -0.25) is 0 Å². The third-order valence-corrected chi connectivity index (χ3v) is 5.89. The molecule has 0 fully saturated rings. The molecule has 0 aliphatic carbocycles. The molecule has 1 aliphatic rings. The number of esters is 1. The zero-order valence-corrected chi connectivity index (χ0v) is 16.5. The molecule has 140 valence electrons. The molecular weight excluding hydrogens is 360 g/mol. The van der Waals surface area contributed by atoms with Crippen LogP contribution in [0.15, 0.2) is 30.3 Å². The average molecular weight is 382 g/mol. The molecule has 2 N–H and O–H groups in total. The number of carbonyl (C=O) groups is 1. The lowest BCUT2D eigenvalue weighted by Crippen LogP contribution is -2.32. The SMILES string of the molecule is CCOC(=O)c1sc2nc(-c3ccccc3)c3c(c2c1N)CC(C)(C)OC3. The first-order valence-electron chi connectivity index (χ1n) is 9.01. The molecule has 0 atom stereocenters. The van der Waals surface area contributed by atoms with Gasteiger partial charge in [-0.05, 0) is 26.3 Å². The van der Waals surface area contributed by atoms with Gasteiger partial charge in [-0.15, -0.1) is 11.3 Å². The number of benzene rings is 1. The fourth-order valence-electron chi connectivity index (χ4n) is 3.54. The Morgan fingerprint density at radius 2 is 2.04 bits per heavy atom. The van der Waals surface area contributed by atoms with Crippen molar-refractivity contribution in [2.45, 2.75) is 39.4 Å². The van der Waals surface area contributed by atoms with Crippen molar-refractivity contribution in [3.8, 4) is 11.3 Å². The molecular formula is C21H22N2O3S. The highest BCUT2D eigenvalue weighted by Crippen LogP contribution is 2.43. The minimum absolute atomic E-state index is 0.298. The van der Waals surface area contributed by atoms with E-state index in [-0.39, 0.29) is 11.6 Å². The van der Waals surface area contributed by atoms with Gasteiger partial charge in [-0.1, -0.05) is 30.3 Å². The molecule has 0 amide bonds. The molecule has 1 aliphatic heterocycles. The number of pyridine rings is 1. The van der Waals surface area contributed by atoms with Crippen LogP contribution in [-0.4, -0.2) is 23.2 Å². The maximum Gasteiger partial charge on any atom is 0.350 e. The van der Waals surface area contributed by atoms with Gasteiger partial charge in [-0.2, -0.15) is 0 Å². The van der Waals surface area contributed by atoms with Crippen LogP contribution >= 0.6 is 11.3 Å². The molecule has 0 saturated heterocycles. The Hall–Kier alpha value is -2.44. The lowest BCUT2D eigenvalue weighted by Gasteiger charge is -2.33. The van der Waals surface area contributed by atoms with Crippen LogP contribution in [0, 0.1) is 0 Å². The molecule has 3 heterocycles. The molecule has 0 spiro atoms. The summed E-state index contributed by atoms with van der Waals surface area (Å²) in [6.07, 6.45) is 0.713. The number of aromatic nitrogens is 1. The lowest BCUT2D eigenvalue weighted by molar-refractivity contribution is -0.0394. The smallest absolute Gasteiger partial charge is 0.350 e. The molecule has 0 saturated carbocycles. The highest BCUT2D eigenvalue weighted by Gasteiger charge is 2.32. The topological polar surface area (TPSA) is 74.4 Å². The summed E-state index contributed by atoms with van der Waals surface area (Å²) in [4.78, 5) is 18.4. The van der Waals surface area contributed by atoms with E-state index in [1.165, 1.54) is 11.3 Å². The number of hydrogen-bond acceptors (Lipinski definition) is 6. The van der Waals surface area contributed by atoms with Crippen LogP contribution in [0.2, 0.25) is 0 Å². The van der Waals surface area contributed by atoms with Gasteiger partial charge in [-0.25, -0.2) is 9.78 Å². The average Bonchev–Trinajstić information content (AvgIpc) is 2.98. The van der Waals surface area contributed by atoms with Gasteiger partial charge in [0.15, 0.2) is 0 Å². The Balaban J connectivity index is 2.00. The van der Waals surface area contributed by atoms with Crippen molar-refractivity contribution >= 4 is 33.2 Å². The van der Waals surface area contributed by atoms with Crippen LogP contribution in [0.5, 0.6) is 0 Å². The van der Waals surface area contributed by atoms with Crippen molar-refractivity contribution in [2.24, 2.45) is 0 Å². The summed E-state index contributed by atoms with van der Waals surface area (Å²) in [5, 5.41) is 0.870. The van der Waals surface area contributed by atoms with Gasteiger partial charge < -0.3 is 15.2 Å². The second-order valence-electron chi connectivity index (χ2n) is 7.25. The Kier molecular flexibility index (Phi) is 4.40. The number of fused-ring (bicyclic) bond motifs is 3. The summed E-state index contributed by atoms with van der Waals surface area (Å²) >= 11 is 1.30. The van der Waals surface area contributed by atoms with Crippen molar-refractivity contribution < 1.29 is 14.3 Å². The molecule has 0 bridgehead atoms. The molecule has 2 aromatic heterocycles. The summed E-state index contributed by atoms with van der Waals surface area (Å²) in [5.74, 6) is -0.390. The van der Waals surface area contributed by atoms with E-state index in [1.54, 1.807) is 6.92 Å². The number of rotatable bonds is 3. The molecule has 0 radical (unpaired) electrons. The van der Waals surface area contributed by atoms with Gasteiger partial charge >= 0.3 is 5.97 Å². The van der Waals surface area contributed by atoms with Crippen LogP contribution in [0.3, 0.4) is 0 Å². The van der Waals surface area contributed by atoms with E-state index in [1.807, 2.05) is 30.3 Å². The van der Waals surface area contributed by atoms with Gasteiger partial charge in [0.1, 0.15) is 9.71 Å². The minimum atomic E-state index is -0.390. The Morgan fingerprint density at radius 3 is 2.74 bits per heavy atom. The van der Waals surface area contributed by atoms with Gasteiger partial charge in [0.25, 0.3) is 0 Å². The first-order chi connectivity index (χ1) is 12.9. The number of thiophene rings is 1. The summed E-state index contributed by atoms with van der Waals surface area (Å²) in [6.45, 7) is 6.71. The molecule has 0 unspecified atom stereocenters. The summed E-state index contributed by atoms with van der Waals surface area (Å²) in [6, 6.07) is 10.0. The zero-order valence-electron chi connectivity index (χ0n) is 15.7. The third kappa shape index (κ3) is 3.09. The van der Waals surface area contributed by atoms with E-state index >= 15 is 0 Å². The van der Waals surface area contributed by atoms with Crippen molar-refractivity contribution in [3.63, 3.8) is 0 Å². The zero-order chi connectivity index (χ0) is 19.2. The van der Waals surface area contributed by atoms with Crippen molar-refractivity contribution in [1.82, 2.24) is 4.98 Å². The molecule has 6 heteroatoms. The Morgan fingerprint density at radius 1 is 1.30 bits per heavy atom. The first-order valence-corrected chi connectivity index (χ1v) is 9.83. The van der Waals surface area contributed by atoms with Crippen molar-refractivity contribution in [2.75, 3.05) is 12.3 Å². The van der Waals surface area contributed by atoms with Gasteiger partial charge in [0, 0.05) is 22.9 Å². The van der Waals surface area contributed by atoms with Gasteiger partial charge in [0.2, 0.25) is 0 Å². The minimum Gasteiger partial charge on any atom is -0.462 e. The summed E-state index contributed by atoms with van der Waals surface area (Å²) in [7, 11) is 0. The molecule has 27 heavy (non-hydrogen) atoms. The van der Waals surface area contributed by atoms with E-state index in [0.29, 0.717) is 30.2 Å². The number of hydrogen-bond donors (Lipinski definition) is 1. The normalized spacial score (nSPS) is 15.5. The molecule has 3 aromatic rings. The largest absolute Gasteiger partial charge is 0.462 e. The Bertz CT molecular complexity index is 1030. The fraction of sp³-hybridized carbons (Fsp3) is 0.333. The number of anilines is 1. The maximum atomic E-state index is 12.3. The predicted molar refractivity (Wildman–Crippen MR) is 108 cm³/mol. The monoisotopic (exact) mass is 382 g/mol. The lowest BCUT2D eigenvalue weighted by atomic mass is 9.88. The number of ether oxygens (including phenoxy) is 2. The van der Waals surface area contributed by atoms with Crippen LogP contribution in [0.4, 0.5) is 5.69 Å². The molecule has 5 nitrogen and oxygen atoms in total. The van der Waals surface area contributed by atoms with Crippen LogP contribution < -0.4 is 5.73 Å². The van der Waals surface area contributed by atoms with Crippen molar-refractivity contribution in [3.05, 3.63) is 46.3 Å². The number of carbonyl (C=O) groups excluding carboxylic acids is 1. The quantitative estimate of drug-likeness (QED) is 0.672. The standard InChI is InChI=1S/C21H22N2O3S/c1-4-25-20(24)18-16(22)15-13-10-21(2,3)26-11-14(13)17(23-19(15)27-18)12-8-6-5-7-9-12/h5-9H,4,10-11,22H2,1-3H3. The fourth-order valence-corrected chi connectivity index (χ4v) is 4.56. The third-order valence-electron chi connectivity index (χ3n) is 4.81. The van der Waals surface area contributed by atoms with E-state index in [4.69, 9.17) is 20.2 Å². The second-order valence-corrected chi connectivity index (χ2v) is 8.25. The van der Waals surface area contributed by atoms with Crippen LogP contribution in [0.1, 0.15) is 41.6 Å². The van der Waals surface area contributed by atoms with Crippen LogP contribution in [-0.2, 0) is 22.5 Å². The molecule has 1 aromatic carbocycles. The highest BCUT2D eigenvalue weighted by molar-refractivity contribution is 7.21. The predicted octanol–water partition coefficient (Wildman–Crippen LogP) is 4.57. The number of nitrogens with two attached hydrogens (primary N) is 1. The van der Waals surface area contributed by atoms with E-state index < -0.39 is 0 Å². The van der Waals surface area contributed by atoms with Gasteiger partial charge in [0.05, 0.1) is 30.2 Å². The Labute approximate surface area is 162 Å². The second kappa shape index (κ2) is 6.62. The summed E-state index contributed by atoms with van der Waals surface area (Å²) < 4.78 is 11.2. The van der Waals surface area contributed by atoms with E-state index in [2.05, 4.69) is 13.8 Å². The molecule has 4 rings (SSSR count). The van der Waals surface area contributed by atoms with E-state index in [0.717, 1.165) is 32.6 Å². The van der Waals surface area contributed by atoms with Crippen molar-refractivity contribution in [1.29, 1.82) is 0 Å². The van der Waals surface area contributed by atoms with Crippen LogP contribution in [0.25, 0.3) is 21.5 Å². The highest BCUT2D eigenvalue weighted by atomic mass is 32.1. The summed E-state index contributed by atoms with van der Waals surface area (Å²) in [5.41, 5.74) is 10.7. The van der Waals surface area contributed by atoms with E-state index in [9.17, 15) is 4.79 Å². The first kappa shape index (κ1) is 17.9. The maximum absolute atomic E-state index is 12.3. The number of nitrogens with zero attached hydrogens (tertiary/aromatic N) is 1.